The molecular formula is C18H15Cl2FN2O3. The van der Waals surface area contributed by atoms with Gasteiger partial charge in [0.25, 0.3) is 0 Å². The van der Waals surface area contributed by atoms with Crippen molar-refractivity contribution >= 4 is 46.4 Å². The van der Waals surface area contributed by atoms with Gasteiger partial charge in [-0.2, -0.15) is 0 Å². The highest BCUT2D eigenvalue weighted by Gasteiger charge is 2.56. The largest absolute Gasteiger partial charge is 0.495 e. The van der Waals surface area contributed by atoms with E-state index in [2.05, 4.69) is 10.6 Å². The molecule has 0 heterocycles. The second kappa shape index (κ2) is 7.13. The quantitative estimate of drug-likeness (QED) is 0.731. The Morgan fingerprint density at radius 2 is 1.77 bits per heavy atom. The molecule has 8 heteroatoms. The Balaban J connectivity index is 1.75. The Labute approximate surface area is 159 Å². The van der Waals surface area contributed by atoms with Crippen molar-refractivity contribution in [2.45, 2.75) is 12.8 Å². The third-order valence-corrected chi connectivity index (χ3v) is 4.73. The van der Waals surface area contributed by atoms with Crippen molar-refractivity contribution in [2.24, 2.45) is 5.41 Å². The number of carbonyl (C=O) groups is 2. The first kappa shape index (κ1) is 18.5. The Hall–Kier alpha value is -2.31. The fourth-order valence-corrected chi connectivity index (χ4v) is 2.88. The SMILES string of the molecule is COc1ccc(Cl)cc1NC(=O)C1(C(=O)Nc2ccc(F)c(Cl)c2)CC1. The molecule has 0 unspecified atom stereocenters. The van der Waals surface area contributed by atoms with Crippen molar-refractivity contribution < 1.29 is 18.7 Å². The van der Waals surface area contributed by atoms with Gasteiger partial charge in [0.15, 0.2) is 0 Å². The molecule has 26 heavy (non-hydrogen) atoms. The second-order valence-electron chi connectivity index (χ2n) is 5.96. The Kier molecular flexibility index (Phi) is 5.07. The molecule has 0 atom stereocenters. The lowest BCUT2D eigenvalue weighted by molar-refractivity contribution is -0.131. The Bertz CT molecular complexity index is 885. The number of methoxy groups -OCH3 is 1. The number of anilines is 2. The van der Waals surface area contributed by atoms with Crippen LogP contribution >= 0.6 is 23.2 Å². The molecule has 3 rings (SSSR count). The molecule has 0 spiro atoms. The summed E-state index contributed by atoms with van der Waals surface area (Å²) in [5, 5.41) is 5.62. The molecule has 0 aliphatic heterocycles. The molecule has 1 aliphatic rings. The summed E-state index contributed by atoms with van der Waals surface area (Å²) < 4.78 is 18.4. The highest BCUT2D eigenvalue weighted by atomic mass is 35.5. The van der Waals surface area contributed by atoms with Crippen molar-refractivity contribution in [3.8, 4) is 5.75 Å². The zero-order chi connectivity index (χ0) is 18.9. The fourth-order valence-electron chi connectivity index (χ4n) is 2.53. The number of halogens is 3. The van der Waals surface area contributed by atoms with E-state index in [0.29, 0.717) is 35.0 Å². The third kappa shape index (κ3) is 3.61. The van der Waals surface area contributed by atoms with Gasteiger partial charge in [0, 0.05) is 10.7 Å². The van der Waals surface area contributed by atoms with Crippen LogP contribution in [-0.2, 0) is 9.59 Å². The predicted octanol–water partition coefficient (Wildman–Crippen LogP) is 4.50. The molecule has 2 aromatic carbocycles. The molecule has 0 saturated heterocycles. The molecule has 2 amide bonds. The maximum Gasteiger partial charge on any atom is 0.240 e. The summed E-state index contributed by atoms with van der Waals surface area (Å²) in [5.41, 5.74) is -0.483. The molecule has 1 fully saturated rings. The van der Waals surface area contributed by atoms with Gasteiger partial charge < -0.3 is 15.4 Å². The van der Waals surface area contributed by atoms with E-state index in [4.69, 9.17) is 27.9 Å². The van der Waals surface area contributed by atoms with Crippen molar-refractivity contribution in [2.75, 3.05) is 17.7 Å². The van der Waals surface area contributed by atoms with Crippen LogP contribution in [0.3, 0.4) is 0 Å². The second-order valence-corrected chi connectivity index (χ2v) is 6.81. The Morgan fingerprint density at radius 1 is 1.08 bits per heavy atom. The molecule has 1 saturated carbocycles. The maximum absolute atomic E-state index is 13.2. The first-order chi connectivity index (χ1) is 12.4. The van der Waals surface area contributed by atoms with Gasteiger partial charge in [0.05, 0.1) is 17.8 Å². The van der Waals surface area contributed by atoms with Gasteiger partial charge in [0.1, 0.15) is 17.0 Å². The van der Waals surface area contributed by atoms with Crippen LogP contribution in [-0.4, -0.2) is 18.9 Å². The average Bonchev–Trinajstić information content (AvgIpc) is 3.40. The first-order valence-electron chi connectivity index (χ1n) is 7.77. The summed E-state index contributed by atoms with van der Waals surface area (Å²) in [6, 6.07) is 8.63. The van der Waals surface area contributed by atoms with Crippen LogP contribution in [0.5, 0.6) is 5.75 Å². The lowest BCUT2D eigenvalue weighted by atomic mass is 10.0. The summed E-state index contributed by atoms with van der Waals surface area (Å²) in [6.45, 7) is 0. The summed E-state index contributed by atoms with van der Waals surface area (Å²) in [4.78, 5) is 25.3. The van der Waals surface area contributed by atoms with E-state index in [9.17, 15) is 14.0 Å². The van der Waals surface area contributed by atoms with Gasteiger partial charge in [-0.15, -0.1) is 0 Å². The molecule has 0 radical (unpaired) electrons. The fraction of sp³-hybridized carbons (Fsp3) is 0.222. The van der Waals surface area contributed by atoms with Crippen LogP contribution in [0.1, 0.15) is 12.8 Å². The summed E-state index contributed by atoms with van der Waals surface area (Å²) >= 11 is 11.7. The predicted molar refractivity (Wildman–Crippen MR) is 98.3 cm³/mol. The van der Waals surface area contributed by atoms with Gasteiger partial charge >= 0.3 is 0 Å². The van der Waals surface area contributed by atoms with E-state index < -0.39 is 23.0 Å². The zero-order valence-electron chi connectivity index (χ0n) is 13.7. The number of rotatable bonds is 5. The number of amides is 2. The van der Waals surface area contributed by atoms with Gasteiger partial charge in [-0.1, -0.05) is 23.2 Å². The van der Waals surface area contributed by atoms with Gasteiger partial charge in [-0.05, 0) is 49.2 Å². The molecule has 0 aromatic heterocycles. The van der Waals surface area contributed by atoms with E-state index in [1.54, 1.807) is 18.2 Å². The number of ether oxygens (including phenoxy) is 1. The van der Waals surface area contributed by atoms with Crippen LogP contribution in [0.2, 0.25) is 10.0 Å². The van der Waals surface area contributed by atoms with Crippen molar-refractivity contribution in [3.05, 3.63) is 52.3 Å². The summed E-state index contributed by atoms with van der Waals surface area (Å²) in [7, 11) is 1.47. The number of nitrogens with one attached hydrogen (secondary N) is 2. The monoisotopic (exact) mass is 396 g/mol. The van der Waals surface area contributed by atoms with Crippen LogP contribution in [0.4, 0.5) is 15.8 Å². The highest BCUT2D eigenvalue weighted by molar-refractivity contribution is 6.31. The van der Waals surface area contributed by atoms with E-state index in [-0.39, 0.29) is 5.02 Å². The lowest BCUT2D eigenvalue weighted by Crippen LogP contribution is -2.35. The number of hydrogen-bond acceptors (Lipinski definition) is 3. The third-order valence-electron chi connectivity index (χ3n) is 4.21. The normalized spacial score (nSPS) is 14.5. The van der Waals surface area contributed by atoms with Crippen molar-refractivity contribution in [1.29, 1.82) is 0 Å². The average molecular weight is 397 g/mol. The number of benzene rings is 2. The molecular weight excluding hydrogens is 382 g/mol. The lowest BCUT2D eigenvalue weighted by Gasteiger charge is -2.17. The van der Waals surface area contributed by atoms with E-state index in [1.165, 1.54) is 19.2 Å². The van der Waals surface area contributed by atoms with Crippen LogP contribution in [0.15, 0.2) is 36.4 Å². The minimum atomic E-state index is -1.19. The molecule has 1 aliphatic carbocycles. The molecule has 2 N–H and O–H groups in total. The van der Waals surface area contributed by atoms with E-state index in [0.717, 1.165) is 6.07 Å². The summed E-state index contributed by atoms with van der Waals surface area (Å²) in [5.74, 6) is -1.08. The molecule has 5 nitrogen and oxygen atoms in total. The minimum absolute atomic E-state index is 0.110. The van der Waals surface area contributed by atoms with Crippen LogP contribution in [0.25, 0.3) is 0 Å². The van der Waals surface area contributed by atoms with Crippen molar-refractivity contribution in [3.63, 3.8) is 0 Å². The smallest absolute Gasteiger partial charge is 0.240 e. The standard InChI is InChI=1S/C18H15Cl2FN2O3/c1-26-15-5-2-10(19)8-14(15)23-17(25)18(6-7-18)16(24)22-11-3-4-13(21)12(20)9-11/h2-5,8-9H,6-7H2,1H3,(H,22,24)(H,23,25). The minimum Gasteiger partial charge on any atom is -0.495 e. The van der Waals surface area contributed by atoms with Gasteiger partial charge in [0.2, 0.25) is 11.8 Å². The maximum atomic E-state index is 13.2. The van der Waals surface area contributed by atoms with Crippen LogP contribution in [0, 0.1) is 11.2 Å². The summed E-state index contributed by atoms with van der Waals surface area (Å²) in [6.07, 6.45) is 0.810. The Morgan fingerprint density at radius 3 is 2.38 bits per heavy atom. The molecule has 2 aromatic rings. The topological polar surface area (TPSA) is 67.4 Å². The van der Waals surface area contributed by atoms with Crippen LogP contribution < -0.4 is 15.4 Å². The number of hydrogen-bond donors (Lipinski definition) is 2. The van der Waals surface area contributed by atoms with Gasteiger partial charge in [-0.25, -0.2) is 4.39 Å². The van der Waals surface area contributed by atoms with Crippen molar-refractivity contribution in [1.82, 2.24) is 0 Å². The number of carbonyl (C=O) groups excluding carboxylic acids is 2. The van der Waals surface area contributed by atoms with E-state index >= 15 is 0 Å². The first-order valence-corrected chi connectivity index (χ1v) is 8.53. The molecule has 136 valence electrons. The molecule has 0 bridgehead atoms. The highest BCUT2D eigenvalue weighted by Crippen LogP contribution is 2.48. The van der Waals surface area contributed by atoms with E-state index in [1.807, 2.05) is 0 Å². The zero-order valence-corrected chi connectivity index (χ0v) is 15.2. The van der Waals surface area contributed by atoms with Gasteiger partial charge in [-0.3, -0.25) is 9.59 Å².